The number of thioether (sulfide) groups is 1. The van der Waals surface area contributed by atoms with E-state index < -0.39 is 5.56 Å². The van der Waals surface area contributed by atoms with Gasteiger partial charge in [-0.1, -0.05) is 42.1 Å². The molecule has 0 fully saturated rings. The van der Waals surface area contributed by atoms with Crippen molar-refractivity contribution < 1.29 is 4.74 Å². The summed E-state index contributed by atoms with van der Waals surface area (Å²) in [5.74, 6) is 7.36. The lowest BCUT2D eigenvalue weighted by atomic mass is 10.2. The van der Waals surface area contributed by atoms with Gasteiger partial charge in [0.1, 0.15) is 5.75 Å². The minimum atomic E-state index is -0.434. The normalized spacial score (nSPS) is 10.4. The van der Waals surface area contributed by atoms with Gasteiger partial charge in [-0.2, -0.15) is 4.68 Å². The number of nitrogens with zero attached hydrogens (tertiary/aromatic N) is 3. The molecular weight excluding hydrogens is 338 g/mol. The number of hydrogen-bond donors (Lipinski definition) is 2. The van der Waals surface area contributed by atoms with Crippen molar-refractivity contribution in [2.45, 2.75) is 10.9 Å². The molecule has 128 valence electrons. The number of anilines is 2. The quantitative estimate of drug-likeness (QED) is 0.518. The minimum absolute atomic E-state index is 0.0856. The molecule has 3 N–H and O–H groups in total. The Balaban J connectivity index is 1.72. The van der Waals surface area contributed by atoms with Crippen LogP contribution in [0.25, 0.3) is 0 Å². The van der Waals surface area contributed by atoms with Crippen LogP contribution in [0.3, 0.4) is 0 Å². The molecule has 0 aliphatic heterocycles. The number of benzene rings is 2. The van der Waals surface area contributed by atoms with E-state index in [0.29, 0.717) is 10.9 Å². The van der Waals surface area contributed by atoms with Crippen LogP contribution >= 0.6 is 11.8 Å². The lowest BCUT2D eigenvalue weighted by molar-refractivity contribution is 0.414. The Hall–Kier alpha value is -3.00. The molecule has 0 aliphatic carbocycles. The summed E-state index contributed by atoms with van der Waals surface area (Å²) in [6.07, 6.45) is 0. The Kier molecular flexibility index (Phi) is 5.20. The molecule has 2 aromatic carbocycles. The molecule has 1 heterocycles. The molecule has 0 spiro atoms. The predicted molar refractivity (Wildman–Crippen MR) is 98.7 cm³/mol. The van der Waals surface area contributed by atoms with Crippen LogP contribution < -0.4 is 21.5 Å². The van der Waals surface area contributed by atoms with E-state index in [0.717, 1.165) is 21.7 Å². The van der Waals surface area contributed by atoms with E-state index in [2.05, 4.69) is 15.5 Å². The number of ether oxygens (including phenoxy) is 1. The molecule has 0 unspecified atom stereocenters. The molecule has 7 nitrogen and oxygen atoms in total. The van der Waals surface area contributed by atoms with E-state index in [1.165, 1.54) is 11.8 Å². The van der Waals surface area contributed by atoms with E-state index in [1.54, 1.807) is 7.11 Å². The van der Waals surface area contributed by atoms with Gasteiger partial charge in [-0.05, 0) is 29.8 Å². The zero-order chi connectivity index (χ0) is 17.6. The summed E-state index contributed by atoms with van der Waals surface area (Å²) in [5.41, 5.74) is 1.37. The van der Waals surface area contributed by atoms with Crippen molar-refractivity contribution in [3.8, 4) is 5.75 Å². The fourth-order valence-electron chi connectivity index (χ4n) is 2.09. The second kappa shape index (κ2) is 7.71. The van der Waals surface area contributed by atoms with E-state index >= 15 is 0 Å². The summed E-state index contributed by atoms with van der Waals surface area (Å²) in [5, 5.41) is 11.3. The van der Waals surface area contributed by atoms with Gasteiger partial charge in [0.05, 0.1) is 7.11 Å². The third kappa shape index (κ3) is 4.10. The highest BCUT2D eigenvalue weighted by Gasteiger charge is 2.11. The van der Waals surface area contributed by atoms with Crippen molar-refractivity contribution in [1.29, 1.82) is 0 Å². The minimum Gasteiger partial charge on any atom is -0.497 e. The summed E-state index contributed by atoms with van der Waals surface area (Å²) < 4.78 is 6.13. The fraction of sp³-hybridized carbons (Fsp3) is 0.118. The van der Waals surface area contributed by atoms with Crippen molar-refractivity contribution in [2.75, 3.05) is 18.3 Å². The van der Waals surface area contributed by atoms with Crippen molar-refractivity contribution in [2.24, 2.45) is 0 Å². The second-order valence-corrected chi connectivity index (χ2v) is 6.08. The average Bonchev–Trinajstić information content (AvgIpc) is 2.66. The molecular formula is C17H17N5O2S. The molecule has 0 bridgehead atoms. The first-order valence-corrected chi connectivity index (χ1v) is 8.48. The van der Waals surface area contributed by atoms with Gasteiger partial charge >= 0.3 is 5.56 Å². The van der Waals surface area contributed by atoms with Crippen molar-refractivity contribution in [1.82, 2.24) is 14.9 Å². The van der Waals surface area contributed by atoms with E-state index in [9.17, 15) is 4.79 Å². The molecule has 25 heavy (non-hydrogen) atoms. The maximum absolute atomic E-state index is 12.3. The third-order valence-electron chi connectivity index (χ3n) is 3.43. The van der Waals surface area contributed by atoms with Crippen LogP contribution in [-0.2, 0) is 5.75 Å². The van der Waals surface area contributed by atoms with Crippen LogP contribution in [-0.4, -0.2) is 22.0 Å². The van der Waals surface area contributed by atoms with Gasteiger partial charge in [0.2, 0.25) is 11.0 Å². The molecule has 0 atom stereocenters. The Bertz CT molecular complexity index is 897. The molecule has 3 rings (SSSR count). The molecule has 0 saturated heterocycles. The van der Waals surface area contributed by atoms with Crippen LogP contribution in [0.5, 0.6) is 5.75 Å². The third-order valence-corrected chi connectivity index (χ3v) is 4.44. The average molecular weight is 355 g/mol. The summed E-state index contributed by atoms with van der Waals surface area (Å²) in [6.45, 7) is 0. The van der Waals surface area contributed by atoms with Gasteiger partial charge in [0.15, 0.2) is 0 Å². The number of rotatable bonds is 6. The number of nitrogens with one attached hydrogen (secondary N) is 1. The van der Waals surface area contributed by atoms with E-state index in [-0.39, 0.29) is 5.82 Å². The summed E-state index contributed by atoms with van der Waals surface area (Å²) in [6, 6.07) is 16.9. The molecule has 0 aliphatic rings. The van der Waals surface area contributed by atoms with E-state index in [1.807, 2.05) is 54.6 Å². The standard InChI is InChI=1S/C17H17N5O2S/c1-24-14-9-7-12(8-10-14)11-25-17-21-20-15(16(23)22(17)18)19-13-5-3-2-4-6-13/h2-10H,11,18H2,1H3,(H,19,20). The van der Waals surface area contributed by atoms with Crippen LogP contribution in [0.2, 0.25) is 0 Å². The van der Waals surface area contributed by atoms with Crippen LogP contribution in [0.1, 0.15) is 5.56 Å². The molecule has 8 heteroatoms. The van der Waals surface area contributed by atoms with Gasteiger partial charge in [-0.25, -0.2) is 0 Å². The van der Waals surface area contributed by atoms with Crippen LogP contribution in [0.4, 0.5) is 11.5 Å². The maximum Gasteiger partial charge on any atom is 0.315 e. The van der Waals surface area contributed by atoms with Crippen molar-refractivity contribution in [3.05, 3.63) is 70.5 Å². The summed E-state index contributed by atoms with van der Waals surface area (Å²) >= 11 is 1.34. The Labute approximate surface area is 148 Å². The Morgan fingerprint density at radius 2 is 1.84 bits per heavy atom. The monoisotopic (exact) mass is 355 g/mol. The topological polar surface area (TPSA) is 95.1 Å². The first-order chi connectivity index (χ1) is 12.2. The van der Waals surface area contributed by atoms with Gasteiger partial charge < -0.3 is 15.9 Å². The Morgan fingerprint density at radius 1 is 1.12 bits per heavy atom. The van der Waals surface area contributed by atoms with Crippen molar-refractivity contribution in [3.63, 3.8) is 0 Å². The molecule has 0 radical (unpaired) electrons. The number of nitrogens with two attached hydrogens (primary N) is 1. The van der Waals surface area contributed by atoms with Gasteiger partial charge in [0.25, 0.3) is 0 Å². The number of para-hydroxylation sites is 1. The maximum atomic E-state index is 12.3. The zero-order valence-corrected chi connectivity index (χ0v) is 14.4. The Morgan fingerprint density at radius 3 is 2.52 bits per heavy atom. The van der Waals surface area contributed by atoms with Crippen LogP contribution in [0, 0.1) is 0 Å². The highest BCUT2D eigenvalue weighted by molar-refractivity contribution is 7.98. The number of hydrogen-bond acceptors (Lipinski definition) is 7. The predicted octanol–water partition coefficient (Wildman–Crippen LogP) is 2.40. The number of aromatic nitrogens is 3. The highest BCUT2D eigenvalue weighted by atomic mass is 32.2. The molecule has 3 aromatic rings. The highest BCUT2D eigenvalue weighted by Crippen LogP contribution is 2.21. The number of nitrogen functional groups attached to an aromatic ring is 1. The van der Waals surface area contributed by atoms with Gasteiger partial charge in [0, 0.05) is 11.4 Å². The molecule has 0 saturated carbocycles. The van der Waals surface area contributed by atoms with Crippen molar-refractivity contribution >= 4 is 23.3 Å². The number of methoxy groups -OCH3 is 1. The van der Waals surface area contributed by atoms with E-state index in [4.69, 9.17) is 10.6 Å². The lowest BCUT2D eigenvalue weighted by Gasteiger charge is -2.09. The molecule has 0 amide bonds. The summed E-state index contributed by atoms with van der Waals surface area (Å²) in [4.78, 5) is 12.3. The first-order valence-electron chi connectivity index (χ1n) is 7.50. The second-order valence-electron chi connectivity index (χ2n) is 5.13. The van der Waals surface area contributed by atoms with Crippen LogP contribution in [0.15, 0.2) is 64.5 Å². The van der Waals surface area contributed by atoms with Gasteiger partial charge in [-0.3, -0.25) is 4.79 Å². The smallest absolute Gasteiger partial charge is 0.315 e. The molecule has 1 aromatic heterocycles. The lowest BCUT2D eigenvalue weighted by Crippen LogP contribution is -2.32. The largest absolute Gasteiger partial charge is 0.497 e. The SMILES string of the molecule is COc1ccc(CSc2nnc(Nc3ccccc3)c(=O)n2N)cc1. The summed E-state index contributed by atoms with van der Waals surface area (Å²) in [7, 11) is 1.62. The first kappa shape index (κ1) is 16.8. The zero-order valence-electron chi connectivity index (χ0n) is 13.5. The fourth-order valence-corrected chi connectivity index (χ4v) is 2.90. The van der Waals surface area contributed by atoms with Gasteiger partial charge in [-0.15, -0.1) is 10.2 Å².